The van der Waals surface area contributed by atoms with E-state index in [0.29, 0.717) is 5.56 Å². The second-order valence-electron chi connectivity index (χ2n) is 6.68. The molecule has 3 heteroatoms. The number of carbonyl (C=O) groups is 1. The Morgan fingerprint density at radius 3 is 1.48 bits per heavy atom. The third-order valence-electron chi connectivity index (χ3n) is 4.85. The lowest BCUT2D eigenvalue weighted by Crippen LogP contribution is -2.35. The largest absolute Gasteiger partial charge is 0.441 e. The lowest BCUT2D eigenvalue weighted by Gasteiger charge is -2.35. The maximum atomic E-state index is 13.3. The fraction of sp³-hybridized carbons (Fsp3) is 0.0385. The second-order valence-corrected chi connectivity index (χ2v) is 7.59. The van der Waals surface area contributed by atoms with E-state index in [2.05, 4.69) is 15.9 Å². The van der Waals surface area contributed by atoms with Crippen molar-refractivity contribution in [3.8, 4) is 0 Å². The molecule has 0 heterocycles. The van der Waals surface area contributed by atoms with Gasteiger partial charge in [-0.25, -0.2) is 4.79 Å². The summed E-state index contributed by atoms with van der Waals surface area (Å²) >= 11 is 3.44. The van der Waals surface area contributed by atoms with E-state index in [1.54, 1.807) is 12.1 Å². The summed E-state index contributed by atoms with van der Waals surface area (Å²) in [6.45, 7) is 0. The zero-order chi connectivity index (χ0) is 20.1. The number of esters is 1. The molecule has 0 aliphatic carbocycles. The van der Waals surface area contributed by atoms with Crippen LogP contribution in [-0.2, 0) is 10.3 Å². The van der Waals surface area contributed by atoms with Crippen LogP contribution in [0.2, 0.25) is 0 Å². The number of hydrogen-bond donors (Lipinski definition) is 0. The van der Waals surface area contributed by atoms with E-state index >= 15 is 0 Å². The predicted octanol–water partition coefficient (Wildman–Crippen LogP) is 6.60. The van der Waals surface area contributed by atoms with Crippen molar-refractivity contribution >= 4 is 21.9 Å². The lowest BCUT2D eigenvalue weighted by molar-refractivity contribution is 0.0141. The minimum atomic E-state index is -1.07. The minimum Gasteiger partial charge on any atom is -0.441 e. The van der Waals surface area contributed by atoms with Crippen molar-refractivity contribution in [2.45, 2.75) is 5.60 Å². The lowest BCUT2D eigenvalue weighted by atomic mass is 9.80. The van der Waals surface area contributed by atoms with Gasteiger partial charge < -0.3 is 4.74 Å². The molecule has 29 heavy (non-hydrogen) atoms. The normalized spacial score (nSPS) is 11.1. The first-order chi connectivity index (χ1) is 14.2. The van der Waals surface area contributed by atoms with E-state index in [9.17, 15) is 4.79 Å². The zero-order valence-corrected chi connectivity index (χ0v) is 17.3. The van der Waals surface area contributed by atoms with Crippen LogP contribution in [0.4, 0.5) is 0 Å². The minimum absolute atomic E-state index is 0.386. The molecule has 0 saturated carbocycles. The second kappa shape index (κ2) is 8.46. The molecule has 0 fully saturated rings. The van der Waals surface area contributed by atoms with Gasteiger partial charge in [0, 0.05) is 21.2 Å². The Hall–Kier alpha value is -3.17. The molecule has 0 N–H and O–H groups in total. The van der Waals surface area contributed by atoms with Crippen LogP contribution in [0.5, 0.6) is 0 Å². The monoisotopic (exact) mass is 442 g/mol. The highest BCUT2D eigenvalue weighted by Crippen LogP contribution is 2.41. The maximum absolute atomic E-state index is 13.3. The molecule has 4 aromatic rings. The summed E-state index contributed by atoms with van der Waals surface area (Å²) < 4.78 is 7.21. The van der Waals surface area contributed by atoms with E-state index in [4.69, 9.17) is 4.74 Å². The molecule has 4 rings (SSSR count). The summed E-state index contributed by atoms with van der Waals surface area (Å²) in [6.07, 6.45) is 0. The first kappa shape index (κ1) is 19.2. The van der Waals surface area contributed by atoms with Crippen molar-refractivity contribution in [2.75, 3.05) is 0 Å². The molecule has 0 aliphatic rings. The van der Waals surface area contributed by atoms with Gasteiger partial charge >= 0.3 is 5.97 Å². The SMILES string of the molecule is O=C(OC(c1ccccc1)(c1ccccc1)c1ccccc1)c1cccc(Br)c1. The van der Waals surface area contributed by atoms with Gasteiger partial charge in [0.1, 0.15) is 0 Å². The average molecular weight is 443 g/mol. The van der Waals surface area contributed by atoms with E-state index < -0.39 is 5.60 Å². The molecule has 142 valence electrons. The van der Waals surface area contributed by atoms with Crippen LogP contribution >= 0.6 is 15.9 Å². The Bertz CT molecular complexity index is 996. The molecule has 0 atom stereocenters. The zero-order valence-electron chi connectivity index (χ0n) is 15.7. The molecule has 0 spiro atoms. The summed E-state index contributed by atoms with van der Waals surface area (Å²) in [7, 11) is 0. The number of benzene rings is 4. The highest BCUT2D eigenvalue weighted by atomic mass is 79.9. The fourth-order valence-electron chi connectivity index (χ4n) is 3.51. The van der Waals surface area contributed by atoms with Gasteiger partial charge in [0.25, 0.3) is 0 Å². The Balaban J connectivity index is 1.94. The van der Waals surface area contributed by atoms with Crippen LogP contribution in [0.3, 0.4) is 0 Å². The third-order valence-corrected chi connectivity index (χ3v) is 5.34. The molecule has 2 nitrogen and oxygen atoms in total. The molecule has 0 amide bonds. The van der Waals surface area contributed by atoms with Crippen LogP contribution in [0.25, 0.3) is 0 Å². The quantitative estimate of drug-likeness (QED) is 0.257. The van der Waals surface area contributed by atoms with Crippen molar-refractivity contribution in [1.29, 1.82) is 0 Å². The first-order valence-corrected chi connectivity index (χ1v) is 10.1. The van der Waals surface area contributed by atoms with Crippen molar-refractivity contribution in [1.82, 2.24) is 0 Å². The number of halogens is 1. The van der Waals surface area contributed by atoms with E-state index in [0.717, 1.165) is 21.2 Å². The Kier molecular flexibility index (Phi) is 5.59. The molecule has 0 aromatic heterocycles. The van der Waals surface area contributed by atoms with Crippen LogP contribution in [0.15, 0.2) is 120 Å². The van der Waals surface area contributed by atoms with Crippen LogP contribution in [-0.4, -0.2) is 5.97 Å². The van der Waals surface area contributed by atoms with Gasteiger partial charge in [0.15, 0.2) is 5.60 Å². The molecule has 0 radical (unpaired) electrons. The summed E-state index contributed by atoms with van der Waals surface area (Å²) in [5, 5.41) is 0. The highest BCUT2D eigenvalue weighted by molar-refractivity contribution is 9.10. The summed E-state index contributed by atoms with van der Waals surface area (Å²) in [6, 6.07) is 36.9. The van der Waals surface area contributed by atoms with Crippen LogP contribution in [0, 0.1) is 0 Å². The molecular formula is C26H19BrO2. The summed E-state index contributed by atoms with van der Waals surface area (Å²) in [5.74, 6) is -0.386. The van der Waals surface area contributed by atoms with Gasteiger partial charge in [-0.2, -0.15) is 0 Å². The van der Waals surface area contributed by atoms with Crippen LogP contribution < -0.4 is 0 Å². The average Bonchev–Trinajstić information content (AvgIpc) is 2.79. The van der Waals surface area contributed by atoms with Gasteiger partial charge in [0.05, 0.1) is 5.56 Å². The van der Waals surface area contributed by atoms with Crippen molar-refractivity contribution < 1.29 is 9.53 Å². The predicted molar refractivity (Wildman–Crippen MR) is 119 cm³/mol. The van der Waals surface area contributed by atoms with Gasteiger partial charge in [-0.1, -0.05) is 113 Å². The topological polar surface area (TPSA) is 26.3 Å². The van der Waals surface area contributed by atoms with Gasteiger partial charge in [-0.3, -0.25) is 0 Å². The van der Waals surface area contributed by atoms with Gasteiger partial charge in [-0.15, -0.1) is 0 Å². The van der Waals surface area contributed by atoms with Crippen molar-refractivity contribution in [3.63, 3.8) is 0 Å². The standard InChI is InChI=1S/C26H19BrO2/c27-24-18-10-11-20(19-24)25(28)29-26(21-12-4-1-5-13-21,22-14-6-2-7-15-22)23-16-8-3-9-17-23/h1-19H. The van der Waals surface area contributed by atoms with Crippen molar-refractivity contribution in [3.05, 3.63) is 142 Å². The number of hydrogen-bond acceptors (Lipinski definition) is 2. The summed E-state index contributed by atoms with van der Waals surface area (Å²) in [5.41, 5.74) is 2.09. The van der Waals surface area contributed by atoms with Gasteiger partial charge in [0.2, 0.25) is 0 Å². The van der Waals surface area contributed by atoms with E-state index in [1.807, 2.05) is 103 Å². The molecular weight excluding hydrogens is 424 g/mol. The maximum Gasteiger partial charge on any atom is 0.339 e. The Morgan fingerprint density at radius 2 is 1.07 bits per heavy atom. The molecule has 0 unspecified atom stereocenters. The fourth-order valence-corrected chi connectivity index (χ4v) is 3.91. The highest BCUT2D eigenvalue weighted by Gasteiger charge is 2.40. The molecule has 0 aliphatic heterocycles. The van der Waals surface area contributed by atoms with Gasteiger partial charge in [-0.05, 0) is 18.2 Å². The Morgan fingerprint density at radius 1 is 0.621 bits per heavy atom. The smallest absolute Gasteiger partial charge is 0.339 e. The van der Waals surface area contributed by atoms with E-state index in [-0.39, 0.29) is 5.97 Å². The van der Waals surface area contributed by atoms with E-state index in [1.165, 1.54) is 0 Å². The number of rotatable bonds is 5. The third kappa shape index (κ3) is 3.87. The number of ether oxygens (including phenoxy) is 1. The van der Waals surface area contributed by atoms with Crippen LogP contribution in [0.1, 0.15) is 27.0 Å². The van der Waals surface area contributed by atoms with Crippen molar-refractivity contribution in [2.24, 2.45) is 0 Å². The molecule has 0 saturated heterocycles. The number of carbonyl (C=O) groups excluding carboxylic acids is 1. The molecule has 4 aromatic carbocycles. The Labute approximate surface area is 178 Å². The summed E-state index contributed by atoms with van der Waals surface area (Å²) in [4.78, 5) is 13.3. The first-order valence-electron chi connectivity index (χ1n) is 9.35. The molecule has 0 bridgehead atoms.